The summed E-state index contributed by atoms with van der Waals surface area (Å²) < 4.78 is 0. The fraction of sp³-hybridized carbons (Fsp3) is 0.417. The van der Waals surface area contributed by atoms with Crippen molar-refractivity contribution in [3.05, 3.63) is 37.1 Å². The Balaban J connectivity index is 0.000000671. The number of hydrogen-bond acceptors (Lipinski definition) is 1. The van der Waals surface area contributed by atoms with E-state index in [-0.39, 0.29) is 0 Å². The summed E-state index contributed by atoms with van der Waals surface area (Å²) in [5.74, 6) is 0.595. The van der Waals surface area contributed by atoms with Gasteiger partial charge in [-0.1, -0.05) is 19.1 Å². The zero-order valence-electron chi connectivity index (χ0n) is 8.88. The second-order valence-electron chi connectivity index (χ2n) is 2.81. The molecule has 0 radical (unpaired) electrons. The van der Waals surface area contributed by atoms with Gasteiger partial charge in [-0.25, -0.2) is 0 Å². The van der Waals surface area contributed by atoms with Crippen LogP contribution in [0.15, 0.2) is 42.1 Å². The minimum Gasteiger partial charge on any atom is -0.262 e. The molecule has 1 aliphatic rings. The van der Waals surface area contributed by atoms with Crippen molar-refractivity contribution in [3.63, 3.8) is 0 Å². The predicted molar refractivity (Wildman–Crippen MR) is 61.0 cm³/mol. The van der Waals surface area contributed by atoms with E-state index in [1.807, 2.05) is 6.20 Å². The summed E-state index contributed by atoms with van der Waals surface area (Å²) in [6.45, 7) is 12.4. The Kier molecular flexibility index (Phi) is 5.86. The van der Waals surface area contributed by atoms with Gasteiger partial charge in [-0.15, -0.1) is 13.2 Å². The van der Waals surface area contributed by atoms with Crippen LogP contribution in [0.3, 0.4) is 0 Å². The van der Waals surface area contributed by atoms with Crippen LogP contribution in [0.2, 0.25) is 0 Å². The fourth-order valence-electron chi connectivity index (χ4n) is 1.48. The Hall–Kier alpha value is -1.11. The standard InChI is InChI=1S/C10H15N.C2H4/c1-4-9-6-7-11-8(3)10(9)5-2;1-2/h5-7,9H,4H2,1-3H3;1-2H2/b10-5-;. The van der Waals surface area contributed by atoms with Gasteiger partial charge < -0.3 is 0 Å². The quantitative estimate of drug-likeness (QED) is 0.541. The molecule has 0 amide bonds. The van der Waals surface area contributed by atoms with Crippen LogP contribution < -0.4 is 0 Å². The molecule has 1 nitrogen and oxygen atoms in total. The highest BCUT2D eigenvalue weighted by atomic mass is 14.7. The summed E-state index contributed by atoms with van der Waals surface area (Å²) in [7, 11) is 0. The second-order valence-corrected chi connectivity index (χ2v) is 2.81. The van der Waals surface area contributed by atoms with Crippen molar-refractivity contribution in [1.29, 1.82) is 0 Å². The van der Waals surface area contributed by atoms with Crippen molar-refractivity contribution in [1.82, 2.24) is 0 Å². The van der Waals surface area contributed by atoms with Gasteiger partial charge in [0, 0.05) is 17.8 Å². The average molecular weight is 177 g/mol. The molecule has 72 valence electrons. The first-order chi connectivity index (χ1) is 6.29. The van der Waals surface area contributed by atoms with Crippen molar-refractivity contribution in [2.24, 2.45) is 10.9 Å². The van der Waals surface area contributed by atoms with Crippen molar-refractivity contribution in [2.45, 2.75) is 27.2 Å². The molecule has 0 aromatic rings. The maximum atomic E-state index is 4.25. The summed E-state index contributed by atoms with van der Waals surface area (Å²) in [5, 5.41) is 0. The highest BCUT2D eigenvalue weighted by molar-refractivity contribution is 5.99. The van der Waals surface area contributed by atoms with Crippen LogP contribution in [-0.2, 0) is 0 Å². The number of rotatable bonds is 1. The Bertz CT molecular complexity index is 234. The molecular formula is C12H19N. The highest BCUT2D eigenvalue weighted by Crippen LogP contribution is 2.21. The van der Waals surface area contributed by atoms with E-state index in [9.17, 15) is 0 Å². The Morgan fingerprint density at radius 3 is 2.54 bits per heavy atom. The van der Waals surface area contributed by atoms with Crippen LogP contribution in [0.25, 0.3) is 0 Å². The largest absolute Gasteiger partial charge is 0.262 e. The molecule has 1 rings (SSSR count). The number of hydrogen-bond donors (Lipinski definition) is 0. The monoisotopic (exact) mass is 177 g/mol. The lowest BCUT2D eigenvalue weighted by Gasteiger charge is -2.17. The van der Waals surface area contributed by atoms with Crippen molar-refractivity contribution in [2.75, 3.05) is 0 Å². The van der Waals surface area contributed by atoms with Crippen LogP contribution in [0.1, 0.15) is 27.2 Å². The molecule has 0 saturated carbocycles. The van der Waals surface area contributed by atoms with E-state index in [1.165, 1.54) is 17.7 Å². The molecule has 1 unspecified atom stereocenters. The van der Waals surface area contributed by atoms with Gasteiger partial charge in [0.2, 0.25) is 0 Å². The lowest BCUT2D eigenvalue weighted by atomic mass is 9.91. The Labute approximate surface area is 81.6 Å². The Morgan fingerprint density at radius 1 is 1.54 bits per heavy atom. The summed E-state index contributed by atoms with van der Waals surface area (Å²) in [6, 6.07) is 0. The molecule has 1 heteroatoms. The van der Waals surface area contributed by atoms with E-state index in [0.717, 1.165) is 0 Å². The van der Waals surface area contributed by atoms with Crippen LogP contribution in [0.4, 0.5) is 0 Å². The van der Waals surface area contributed by atoms with Gasteiger partial charge in [0.25, 0.3) is 0 Å². The molecule has 13 heavy (non-hydrogen) atoms. The van der Waals surface area contributed by atoms with Crippen molar-refractivity contribution >= 4 is 5.71 Å². The van der Waals surface area contributed by atoms with Gasteiger partial charge in [0.15, 0.2) is 0 Å². The van der Waals surface area contributed by atoms with Crippen LogP contribution >= 0.6 is 0 Å². The lowest BCUT2D eigenvalue weighted by molar-refractivity contribution is 0.742. The highest BCUT2D eigenvalue weighted by Gasteiger charge is 2.12. The average Bonchev–Trinajstić information content (AvgIpc) is 2.20. The molecule has 1 heterocycles. The third kappa shape index (κ3) is 3.02. The molecule has 0 bridgehead atoms. The number of aliphatic imine (C=N–C) groups is 1. The second kappa shape index (κ2) is 6.41. The molecule has 0 aliphatic carbocycles. The maximum Gasteiger partial charge on any atom is 0.0407 e. The first-order valence-electron chi connectivity index (χ1n) is 4.67. The van der Waals surface area contributed by atoms with Crippen LogP contribution in [0.5, 0.6) is 0 Å². The molecule has 0 saturated heterocycles. The van der Waals surface area contributed by atoms with E-state index in [4.69, 9.17) is 0 Å². The minimum atomic E-state index is 0.595. The van der Waals surface area contributed by atoms with Crippen molar-refractivity contribution < 1.29 is 0 Å². The molecule has 1 aliphatic heterocycles. The lowest BCUT2D eigenvalue weighted by Crippen LogP contribution is -2.10. The molecule has 0 spiro atoms. The summed E-state index contributed by atoms with van der Waals surface area (Å²) >= 11 is 0. The molecular weight excluding hydrogens is 158 g/mol. The summed E-state index contributed by atoms with van der Waals surface area (Å²) in [4.78, 5) is 4.25. The van der Waals surface area contributed by atoms with E-state index in [0.29, 0.717) is 5.92 Å². The third-order valence-electron chi connectivity index (χ3n) is 2.15. The number of nitrogens with zero attached hydrogens (tertiary/aromatic N) is 1. The SMILES string of the molecule is C/C=C1/C(C)=NC=CC1CC.C=C. The zero-order chi connectivity index (χ0) is 10.3. The molecule has 0 aromatic carbocycles. The van der Waals surface area contributed by atoms with Gasteiger partial charge in [0.1, 0.15) is 0 Å². The van der Waals surface area contributed by atoms with Gasteiger partial charge in [0.05, 0.1) is 0 Å². The zero-order valence-corrected chi connectivity index (χ0v) is 8.88. The van der Waals surface area contributed by atoms with Gasteiger partial charge in [-0.2, -0.15) is 0 Å². The van der Waals surface area contributed by atoms with E-state index >= 15 is 0 Å². The molecule has 0 aromatic heterocycles. The fourth-order valence-corrected chi connectivity index (χ4v) is 1.48. The maximum absolute atomic E-state index is 4.25. The smallest absolute Gasteiger partial charge is 0.0407 e. The first-order valence-corrected chi connectivity index (χ1v) is 4.67. The molecule has 1 atom stereocenters. The van der Waals surface area contributed by atoms with Gasteiger partial charge in [-0.05, 0) is 25.8 Å². The normalized spacial score (nSPS) is 23.5. The van der Waals surface area contributed by atoms with Gasteiger partial charge >= 0.3 is 0 Å². The third-order valence-corrected chi connectivity index (χ3v) is 2.15. The predicted octanol–water partition coefficient (Wildman–Crippen LogP) is 3.75. The van der Waals surface area contributed by atoms with Crippen molar-refractivity contribution in [3.8, 4) is 0 Å². The first kappa shape index (κ1) is 11.9. The van der Waals surface area contributed by atoms with E-state index in [1.54, 1.807) is 0 Å². The topological polar surface area (TPSA) is 12.4 Å². The minimum absolute atomic E-state index is 0.595. The summed E-state index contributed by atoms with van der Waals surface area (Å²) in [6.07, 6.45) is 7.42. The number of allylic oxidation sites excluding steroid dienone is 3. The molecule has 0 fully saturated rings. The van der Waals surface area contributed by atoms with Crippen LogP contribution in [0, 0.1) is 5.92 Å². The van der Waals surface area contributed by atoms with Crippen LogP contribution in [-0.4, -0.2) is 5.71 Å². The summed E-state index contributed by atoms with van der Waals surface area (Å²) in [5.41, 5.74) is 2.55. The van der Waals surface area contributed by atoms with Gasteiger partial charge in [-0.3, -0.25) is 4.99 Å². The van der Waals surface area contributed by atoms with E-state index in [2.05, 4.69) is 51.1 Å². The molecule has 0 N–H and O–H groups in total. The Morgan fingerprint density at radius 2 is 2.15 bits per heavy atom. The van der Waals surface area contributed by atoms with E-state index < -0.39 is 0 Å².